The van der Waals surface area contributed by atoms with Crippen LogP contribution in [-0.4, -0.2) is 34.9 Å². The van der Waals surface area contributed by atoms with E-state index in [4.69, 9.17) is 26.8 Å². The van der Waals surface area contributed by atoms with Gasteiger partial charge in [0.05, 0.1) is 24.8 Å². The summed E-state index contributed by atoms with van der Waals surface area (Å²) in [5, 5.41) is 8.30. The third-order valence-corrected chi connectivity index (χ3v) is 5.29. The van der Waals surface area contributed by atoms with Gasteiger partial charge in [-0.15, -0.1) is 5.10 Å². The van der Waals surface area contributed by atoms with Gasteiger partial charge in [-0.2, -0.15) is 4.98 Å². The lowest BCUT2D eigenvalue weighted by atomic mass is 9.95. The van der Waals surface area contributed by atoms with Crippen molar-refractivity contribution in [2.75, 3.05) is 19.5 Å². The van der Waals surface area contributed by atoms with Crippen molar-refractivity contribution >= 4 is 23.5 Å². The van der Waals surface area contributed by atoms with Crippen LogP contribution < -0.4 is 20.5 Å². The van der Waals surface area contributed by atoms with Gasteiger partial charge in [-0.1, -0.05) is 29.8 Å². The van der Waals surface area contributed by atoms with Crippen LogP contribution in [-0.2, 0) is 4.79 Å². The summed E-state index contributed by atoms with van der Waals surface area (Å²) in [7, 11) is 3.11. The highest BCUT2D eigenvalue weighted by Crippen LogP contribution is 2.39. The van der Waals surface area contributed by atoms with E-state index < -0.39 is 11.9 Å². The number of anilines is 1. The first-order valence-electron chi connectivity index (χ1n) is 9.15. The molecule has 0 saturated carbocycles. The quantitative estimate of drug-likeness (QED) is 0.649. The molecule has 1 atom stereocenters. The van der Waals surface area contributed by atoms with Crippen LogP contribution in [0.5, 0.6) is 11.5 Å². The van der Waals surface area contributed by atoms with E-state index in [-0.39, 0.29) is 0 Å². The van der Waals surface area contributed by atoms with Gasteiger partial charge in [-0.25, -0.2) is 4.68 Å². The largest absolute Gasteiger partial charge is 0.493 e. The minimum Gasteiger partial charge on any atom is -0.493 e. The fourth-order valence-corrected chi connectivity index (χ4v) is 3.78. The molecule has 0 radical (unpaired) electrons. The normalized spacial score (nSPS) is 15.4. The number of methoxy groups -OCH3 is 2. The summed E-state index contributed by atoms with van der Waals surface area (Å²) in [6, 6.07) is 12.1. The van der Waals surface area contributed by atoms with Gasteiger partial charge in [0.15, 0.2) is 17.3 Å². The summed E-state index contributed by atoms with van der Waals surface area (Å²) >= 11 is 6.33. The van der Waals surface area contributed by atoms with Gasteiger partial charge < -0.3 is 20.5 Å². The van der Waals surface area contributed by atoms with Crippen LogP contribution in [0.15, 0.2) is 53.7 Å². The molecular formula is C21H20ClN5O3. The number of hydrogen-bond acceptors (Lipinski definition) is 6. The number of nitrogens with zero attached hydrogens (tertiary/aromatic N) is 3. The van der Waals surface area contributed by atoms with Crippen LogP contribution in [0.4, 0.5) is 5.95 Å². The Morgan fingerprint density at radius 2 is 1.90 bits per heavy atom. The first-order valence-corrected chi connectivity index (χ1v) is 9.53. The lowest BCUT2D eigenvalue weighted by molar-refractivity contribution is -0.115. The van der Waals surface area contributed by atoms with Crippen LogP contribution in [0.1, 0.15) is 18.5 Å². The number of halogens is 1. The maximum Gasteiger partial charge on any atom is 0.248 e. The van der Waals surface area contributed by atoms with Gasteiger partial charge >= 0.3 is 0 Å². The van der Waals surface area contributed by atoms with E-state index in [1.54, 1.807) is 44.0 Å². The van der Waals surface area contributed by atoms with Gasteiger partial charge in [0.25, 0.3) is 0 Å². The summed E-state index contributed by atoms with van der Waals surface area (Å²) in [4.78, 5) is 16.9. The average molecular weight is 426 g/mol. The number of allylic oxidation sites excluding steroid dienone is 1. The maximum absolute atomic E-state index is 12.4. The first-order chi connectivity index (χ1) is 14.4. The van der Waals surface area contributed by atoms with E-state index in [2.05, 4.69) is 15.4 Å². The Morgan fingerprint density at radius 3 is 2.57 bits per heavy atom. The molecule has 1 unspecified atom stereocenters. The molecule has 8 nitrogen and oxygen atoms in total. The second-order valence-electron chi connectivity index (χ2n) is 6.73. The van der Waals surface area contributed by atoms with Crippen molar-refractivity contribution in [3.8, 4) is 22.9 Å². The molecule has 154 valence electrons. The zero-order chi connectivity index (χ0) is 21.4. The molecule has 0 fully saturated rings. The summed E-state index contributed by atoms with van der Waals surface area (Å²) in [5.41, 5.74) is 8.16. The Hall–Kier alpha value is -3.52. The number of benzene rings is 2. The Kier molecular flexibility index (Phi) is 5.09. The third kappa shape index (κ3) is 3.25. The number of aromatic nitrogens is 3. The minimum absolute atomic E-state index is 0.380. The smallest absolute Gasteiger partial charge is 0.248 e. The number of nitrogens with two attached hydrogens (primary N) is 1. The van der Waals surface area contributed by atoms with Crippen LogP contribution in [0.3, 0.4) is 0 Å². The van der Waals surface area contributed by atoms with Crippen LogP contribution in [0.25, 0.3) is 11.4 Å². The van der Waals surface area contributed by atoms with Crippen molar-refractivity contribution in [3.63, 3.8) is 0 Å². The lowest BCUT2D eigenvalue weighted by Crippen LogP contribution is -2.31. The van der Waals surface area contributed by atoms with Crippen LogP contribution >= 0.6 is 11.6 Å². The SMILES string of the molecule is COc1ccc(C2C(C(N)=O)=C(C)Nc3nc(-c4ccccc4Cl)nn32)cc1OC. The monoisotopic (exact) mass is 425 g/mol. The van der Waals surface area contributed by atoms with Crippen molar-refractivity contribution < 1.29 is 14.3 Å². The van der Waals surface area contributed by atoms with Gasteiger partial charge in [-0.3, -0.25) is 4.79 Å². The molecule has 3 aromatic rings. The molecule has 2 heterocycles. The van der Waals surface area contributed by atoms with Gasteiger partial charge in [-0.05, 0) is 36.8 Å². The highest BCUT2D eigenvalue weighted by molar-refractivity contribution is 6.33. The second-order valence-corrected chi connectivity index (χ2v) is 7.14. The maximum atomic E-state index is 12.4. The van der Waals surface area contributed by atoms with Crippen molar-refractivity contribution in [2.24, 2.45) is 5.73 Å². The molecule has 1 aliphatic heterocycles. The summed E-state index contributed by atoms with van der Waals surface area (Å²) in [5.74, 6) is 1.47. The van der Waals surface area contributed by atoms with E-state index in [1.807, 2.05) is 24.3 Å². The molecule has 4 rings (SSSR count). The van der Waals surface area contributed by atoms with E-state index in [1.165, 1.54) is 0 Å². The van der Waals surface area contributed by atoms with Gasteiger partial charge in [0.2, 0.25) is 11.9 Å². The molecule has 3 N–H and O–H groups in total. The number of amides is 1. The standard InChI is InChI=1S/C21H20ClN5O3/c1-11-17(19(23)28)18(12-8-9-15(29-2)16(10-12)30-3)27-21(24-11)25-20(26-27)13-6-4-5-7-14(13)22/h4-10,18H,1-3H3,(H2,23,28)(H,24,25,26). The van der Waals surface area contributed by atoms with Crippen LogP contribution in [0.2, 0.25) is 5.02 Å². The highest BCUT2D eigenvalue weighted by atomic mass is 35.5. The number of carbonyl (C=O) groups is 1. The second kappa shape index (κ2) is 7.72. The summed E-state index contributed by atoms with van der Waals surface area (Å²) < 4.78 is 12.4. The summed E-state index contributed by atoms with van der Waals surface area (Å²) in [6.45, 7) is 1.78. The zero-order valence-electron chi connectivity index (χ0n) is 16.6. The number of ether oxygens (including phenoxy) is 2. The van der Waals surface area contributed by atoms with Gasteiger partial charge in [0, 0.05) is 11.3 Å². The molecule has 0 bridgehead atoms. The van der Waals surface area contributed by atoms with E-state index in [0.29, 0.717) is 45.1 Å². The van der Waals surface area contributed by atoms with Crippen molar-refractivity contribution in [1.82, 2.24) is 14.8 Å². The molecule has 0 aliphatic carbocycles. The number of carbonyl (C=O) groups excluding carboxylic acids is 1. The molecule has 30 heavy (non-hydrogen) atoms. The Labute approximate surface area is 178 Å². The Balaban J connectivity index is 1.90. The molecule has 1 aromatic heterocycles. The predicted molar refractivity (Wildman–Crippen MR) is 114 cm³/mol. The molecule has 0 saturated heterocycles. The molecule has 1 aliphatic rings. The Bertz CT molecular complexity index is 1170. The fraction of sp³-hybridized carbons (Fsp3) is 0.190. The first kappa shape index (κ1) is 19.8. The predicted octanol–water partition coefficient (Wildman–Crippen LogP) is 3.39. The topological polar surface area (TPSA) is 104 Å². The number of nitrogens with one attached hydrogen (secondary N) is 1. The zero-order valence-corrected chi connectivity index (χ0v) is 17.4. The number of primary amides is 1. The average Bonchev–Trinajstić information content (AvgIpc) is 3.15. The van der Waals surface area contributed by atoms with Crippen molar-refractivity contribution in [2.45, 2.75) is 13.0 Å². The van der Waals surface area contributed by atoms with E-state index in [0.717, 1.165) is 5.56 Å². The molecule has 0 spiro atoms. The van der Waals surface area contributed by atoms with E-state index >= 15 is 0 Å². The highest BCUT2D eigenvalue weighted by Gasteiger charge is 2.34. The summed E-state index contributed by atoms with van der Waals surface area (Å²) in [6.07, 6.45) is 0. The fourth-order valence-electron chi connectivity index (χ4n) is 3.56. The molecular weight excluding hydrogens is 406 g/mol. The molecule has 1 amide bonds. The molecule has 9 heteroatoms. The van der Waals surface area contributed by atoms with E-state index in [9.17, 15) is 4.79 Å². The molecule has 2 aromatic carbocycles. The minimum atomic E-state index is -0.595. The van der Waals surface area contributed by atoms with Crippen LogP contribution in [0, 0.1) is 0 Å². The van der Waals surface area contributed by atoms with Gasteiger partial charge in [0.1, 0.15) is 6.04 Å². The third-order valence-electron chi connectivity index (χ3n) is 4.96. The Morgan fingerprint density at radius 1 is 1.17 bits per heavy atom. The van der Waals surface area contributed by atoms with Crippen molar-refractivity contribution in [1.29, 1.82) is 0 Å². The number of rotatable bonds is 5. The lowest BCUT2D eigenvalue weighted by Gasteiger charge is -2.28. The number of fused-ring (bicyclic) bond motifs is 1. The van der Waals surface area contributed by atoms with Crippen molar-refractivity contribution in [3.05, 3.63) is 64.3 Å². The number of hydrogen-bond donors (Lipinski definition) is 2.